The third kappa shape index (κ3) is 4.00. The number of rotatable bonds is 6. The SMILES string of the molecule is CCOC(=O)c1cc(CCl)cc(C(=O)CCCl)c1. The van der Waals surface area contributed by atoms with E-state index in [9.17, 15) is 9.59 Å². The van der Waals surface area contributed by atoms with Crippen LogP contribution in [-0.4, -0.2) is 24.2 Å². The normalized spacial score (nSPS) is 10.2. The van der Waals surface area contributed by atoms with Crippen LogP contribution < -0.4 is 0 Å². The van der Waals surface area contributed by atoms with Crippen LogP contribution >= 0.6 is 23.2 Å². The van der Waals surface area contributed by atoms with Crippen molar-refractivity contribution in [2.45, 2.75) is 19.2 Å². The third-order valence-electron chi connectivity index (χ3n) is 2.30. The van der Waals surface area contributed by atoms with Gasteiger partial charge in [0.05, 0.1) is 12.2 Å². The number of ether oxygens (including phenoxy) is 1. The van der Waals surface area contributed by atoms with Crippen LogP contribution in [0.25, 0.3) is 0 Å². The van der Waals surface area contributed by atoms with Crippen molar-refractivity contribution in [1.82, 2.24) is 0 Å². The van der Waals surface area contributed by atoms with Gasteiger partial charge in [0.1, 0.15) is 0 Å². The highest BCUT2D eigenvalue weighted by Gasteiger charge is 2.13. The molecular weight excluding hydrogens is 275 g/mol. The Morgan fingerprint density at radius 2 is 1.83 bits per heavy atom. The first kappa shape index (κ1) is 15.0. The largest absolute Gasteiger partial charge is 0.462 e. The lowest BCUT2D eigenvalue weighted by molar-refractivity contribution is 0.0526. The van der Waals surface area contributed by atoms with Gasteiger partial charge in [-0.25, -0.2) is 4.79 Å². The van der Waals surface area contributed by atoms with Gasteiger partial charge in [-0.05, 0) is 30.7 Å². The Hall–Kier alpha value is -1.06. The van der Waals surface area contributed by atoms with E-state index in [2.05, 4.69) is 0 Å². The second kappa shape index (κ2) is 7.39. The van der Waals surface area contributed by atoms with Crippen LogP contribution in [0.2, 0.25) is 0 Å². The molecule has 1 aromatic carbocycles. The molecule has 0 atom stereocenters. The second-order valence-corrected chi connectivity index (χ2v) is 4.28. The fourth-order valence-electron chi connectivity index (χ4n) is 1.49. The number of hydrogen-bond donors (Lipinski definition) is 0. The molecule has 0 unspecified atom stereocenters. The van der Waals surface area contributed by atoms with Gasteiger partial charge in [-0.3, -0.25) is 4.79 Å². The molecule has 1 rings (SSSR count). The quantitative estimate of drug-likeness (QED) is 0.458. The summed E-state index contributed by atoms with van der Waals surface area (Å²) in [5.41, 5.74) is 1.49. The third-order valence-corrected chi connectivity index (χ3v) is 2.80. The summed E-state index contributed by atoms with van der Waals surface area (Å²) in [4.78, 5) is 23.4. The Morgan fingerprint density at radius 3 is 2.39 bits per heavy atom. The first-order valence-corrected chi connectivity index (χ1v) is 6.65. The standard InChI is InChI=1S/C13H14Cl2O3/c1-2-18-13(17)11-6-9(8-15)5-10(7-11)12(16)3-4-14/h5-7H,2-4,8H2,1H3. The van der Waals surface area contributed by atoms with Crippen molar-refractivity contribution >= 4 is 35.0 Å². The van der Waals surface area contributed by atoms with E-state index in [-0.39, 0.29) is 30.6 Å². The van der Waals surface area contributed by atoms with Crippen molar-refractivity contribution in [3.63, 3.8) is 0 Å². The fraction of sp³-hybridized carbons (Fsp3) is 0.385. The molecule has 0 radical (unpaired) electrons. The number of benzene rings is 1. The summed E-state index contributed by atoms with van der Waals surface area (Å²) < 4.78 is 4.90. The monoisotopic (exact) mass is 288 g/mol. The fourth-order valence-corrected chi connectivity index (χ4v) is 1.82. The molecule has 0 aromatic heterocycles. The van der Waals surface area contributed by atoms with Gasteiger partial charge in [0.25, 0.3) is 0 Å². The zero-order chi connectivity index (χ0) is 13.5. The molecule has 5 heteroatoms. The molecule has 0 bridgehead atoms. The number of halogens is 2. The molecule has 3 nitrogen and oxygen atoms in total. The molecule has 18 heavy (non-hydrogen) atoms. The summed E-state index contributed by atoms with van der Waals surface area (Å²) in [6.07, 6.45) is 0.232. The van der Waals surface area contributed by atoms with Crippen LogP contribution in [0.5, 0.6) is 0 Å². The Morgan fingerprint density at radius 1 is 1.17 bits per heavy atom. The summed E-state index contributed by atoms with van der Waals surface area (Å²) in [5, 5.41) is 0. The lowest BCUT2D eigenvalue weighted by Crippen LogP contribution is -2.08. The number of alkyl halides is 2. The van der Waals surface area contributed by atoms with E-state index in [1.54, 1.807) is 19.1 Å². The van der Waals surface area contributed by atoms with Crippen molar-refractivity contribution in [2.75, 3.05) is 12.5 Å². The lowest BCUT2D eigenvalue weighted by atomic mass is 10.0. The molecule has 0 amide bonds. The molecule has 98 valence electrons. The van der Waals surface area contributed by atoms with E-state index in [0.717, 1.165) is 0 Å². The molecule has 0 aliphatic rings. The number of ketones is 1. The highest BCUT2D eigenvalue weighted by Crippen LogP contribution is 2.15. The van der Waals surface area contributed by atoms with Crippen molar-refractivity contribution in [3.05, 3.63) is 34.9 Å². The highest BCUT2D eigenvalue weighted by molar-refractivity contribution is 6.19. The van der Waals surface area contributed by atoms with Gasteiger partial charge < -0.3 is 4.74 Å². The van der Waals surface area contributed by atoms with Crippen LogP contribution in [0.4, 0.5) is 0 Å². The van der Waals surface area contributed by atoms with Gasteiger partial charge in [0, 0.05) is 23.7 Å². The maximum Gasteiger partial charge on any atom is 0.338 e. The molecule has 1 aromatic rings. The topological polar surface area (TPSA) is 43.4 Å². The number of hydrogen-bond acceptors (Lipinski definition) is 3. The van der Waals surface area contributed by atoms with E-state index in [0.29, 0.717) is 16.7 Å². The molecular formula is C13H14Cl2O3. The predicted molar refractivity (Wildman–Crippen MR) is 71.6 cm³/mol. The van der Waals surface area contributed by atoms with Crippen LogP contribution in [0, 0.1) is 0 Å². The molecule has 0 heterocycles. The minimum absolute atomic E-state index is 0.109. The Balaban J connectivity index is 3.08. The summed E-state index contributed by atoms with van der Waals surface area (Å²) >= 11 is 11.3. The first-order valence-electron chi connectivity index (χ1n) is 5.58. The van der Waals surface area contributed by atoms with Gasteiger partial charge >= 0.3 is 5.97 Å². The maximum absolute atomic E-state index is 11.8. The summed E-state index contributed by atoms with van der Waals surface area (Å²) in [5.74, 6) is -0.0838. The molecule has 0 saturated carbocycles. The van der Waals surface area contributed by atoms with Crippen LogP contribution in [0.1, 0.15) is 39.6 Å². The van der Waals surface area contributed by atoms with Crippen LogP contribution in [0.3, 0.4) is 0 Å². The number of carbonyl (C=O) groups excluding carboxylic acids is 2. The molecule has 0 fully saturated rings. The van der Waals surface area contributed by atoms with Crippen molar-refractivity contribution in [2.24, 2.45) is 0 Å². The van der Waals surface area contributed by atoms with Crippen molar-refractivity contribution < 1.29 is 14.3 Å². The number of Topliss-reactive ketones (excluding diaryl/α,β-unsaturated/α-hetero) is 1. The summed E-state index contributed by atoms with van der Waals surface area (Å²) in [6, 6.07) is 4.82. The highest BCUT2D eigenvalue weighted by atomic mass is 35.5. The Kier molecular flexibility index (Phi) is 6.16. The first-order chi connectivity index (χ1) is 8.62. The van der Waals surface area contributed by atoms with Crippen LogP contribution in [0.15, 0.2) is 18.2 Å². The summed E-state index contributed by atoms with van der Waals surface area (Å²) in [7, 11) is 0. The van der Waals surface area contributed by atoms with E-state index < -0.39 is 5.97 Å². The average molecular weight is 289 g/mol. The smallest absolute Gasteiger partial charge is 0.338 e. The van der Waals surface area contributed by atoms with Gasteiger partial charge in [-0.15, -0.1) is 23.2 Å². The summed E-state index contributed by atoms with van der Waals surface area (Å²) in [6.45, 7) is 2.01. The van der Waals surface area contributed by atoms with E-state index in [1.165, 1.54) is 6.07 Å². The van der Waals surface area contributed by atoms with Gasteiger partial charge in [-0.1, -0.05) is 0 Å². The number of esters is 1. The minimum atomic E-state index is -0.454. The lowest BCUT2D eigenvalue weighted by Gasteiger charge is -2.07. The number of carbonyl (C=O) groups is 2. The van der Waals surface area contributed by atoms with Gasteiger partial charge in [-0.2, -0.15) is 0 Å². The van der Waals surface area contributed by atoms with Crippen molar-refractivity contribution in [1.29, 1.82) is 0 Å². The molecule has 0 aliphatic heterocycles. The molecule has 0 aliphatic carbocycles. The molecule has 0 saturated heterocycles. The second-order valence-electron chi connectivity index (χ2n) is 3.63. The minimum Gasteiger partial charge on any atom is -0.462 e. The zero-order valence-corrected chi connectivity index (χ0v) is 11.6. The van der Waals surface area contributed by atoms with E-state index in [1.807, 2.05) is 0 Å². The van der Waals surface area contributed by atoms with E-state index in [4.69, 9.17) is 27.9 Å². The average Bonchev–Trinajstić information content (AvgIpc) is 2.38. The van der Waals surface area contributed by atoms with Gasteiger partial charge in [0.15, 0.2) is 5.78 Å². The predicted octanol–water partition coefficient (Wildman–Crippen LogP) is 3.41. The molecule has 0 spiro atoms. The Labute approximate surface area is 116 Å². The zero-order valence-electron chi connectivity index (χ0n) is 10.0. The van der Waals surface area contributed by atoms with Crippen LogP contribution in [-0.2, 0) is 10.6 Å². The van der Waals surface area contributed by atoms with Gasteiger partial charge in [0.2, 0.25) is 0 Å². The maximum atomic E-state index is 11.8. The Bertz CT molecular complexity index is 408. The van der Waals surface area contributed by atoms with Crippen molar-refractivity contribution in [3.8, 4) is 0 Å². The van der Waals surface area contributed by atoms with E-state index >= 15 is 0 Å². The molecule has 0 N–H and O–H groups in total.